The van der Waals surface area contributed by atoms with Gasteiger partial charge in [-0.1, -0.05) is 56.0 Å². The maximum atomic E-state index is 13.0. The van der Waals surface area contributed by atoms with Crippen molar-refractivity contribution >= 4 is 5.97 Å². The molecule has 1 aromatic rings. The van der Waals surface area contributed by atoms with Crippen molar-refractivity contribution in [2.24, 2.45) is 0 Å². The van der Waals surface area contributed by atoms with Crippen molar-refractivity contribution in [1.29, 1.82) is 0 Å². The van der Waals surface area contributed by atoms with Crippen molar-refractivity contribution in [3.8, 4) is 0 Å². The molecule has 1 saturated carbocycles. The lowest BCUT2D eigenvalue weighted by Gasteiger charge is -2.37. The van der Waals surface area contributed by atoms with E-state index >= 15 is 0 Å². The lowest BCUT2D eigenvalue weighted by molar-refractivity contribution is -0.154. The predicted octanol–water partition coefficient (Wildman–Crippen LogP) is 3.92. The number of carbonyl (C=O) groups excluding carboxylic acids is 1. The molecule has 1 atom stereocenters. The summed E-state index contributed by atoms with van der Waals surface area (Å²) in [5.74, 6) is 0.00220. The van der Waals surface area contributed by atoms with Crippen LogP contribution in [0.5, 0.6) is 0 Å². The Balaban J connectivity index is 1.71. The number of ether oxygens (including phenoxy) is 1. The number of benzene rings is 1. The number of carbonyl (C=O) groups is 1. The van der Waals surface area contributed by atoms with Gasteiger partial charge in [-0.2, -0.15) is 0 Å². The largest absolute Gasteiger partial charge is 0.463 e. The molecular weight excluding hydrogens is 286 g/mol. The van der Waals surface area contributed by atoms with Gasteiger partial charge in [-0.3, -0.25) is 4.79 Å². The number of esters is 1. The Hall–Kier alpha value is -1.35. The van der Waals surface area contributed by atoms with E-state index in [0.717, 1.165) is 44.2 Å². The Morgan fingerprint density at radius 1 is 1.13 bits per heavy atom. The standard InChI is InChI=1S/C20H29NO2/c1-21-15-9-6-12-18(21)16-23-19(22)20(13-7-3-8-14-20)17-10-4-2-5-11-17/h2,4-5,10-11,18H,3,6-9,12-16H2,1H3/t18-/m1/s1. The molecule has 1 saturated heterocycles. The van der Waals surface area contributed by atoms with Gasteiger partial charge in [-0.15, -0.1) is 0 Å². The molecular formula is C20H29NO2. The van der Waals surface area contributed by atoms with E-state index in [0.29, 0.717) is 12.6 Å². The van der Waals surface area contributed by atoms with Gasteiger partial charge in [-0.05, 0) is 44.8 Å². The van der Waals surface area contributed by atoms with Gasteiger partial charge in [0.05, 0.1) is 5.41 Å². The van der Waals surface area contributed by atoms with Crippen molar-refractivity contribution in [3.63, 3.8) is 0 Å². The predicted molar refractivity (Wildman–Crippen MR) is 92.4 cm³/mol. The highest BCUT2D eigenvalue weighted by molar-refractivity contribution is 5.83. The Bertz CT molecular complexity index is 508. The van der Waals surface area contributed by atoms with Crippen molar-refractivity contribution in [2.75, 3.05) is 20.2 Å². The van der Waals surface area contributed by atoms with E-state index in [9.17, 15) is 4.79 Å². The fourth-order valence-corrected chi connectivity index (χ4v) is 4.19. The monoisotopic (exact) mass is 315 g/mol. The normalized spacial score (nSPS) is 25.0. The van der Waals surface area contributed by atoms with E-state index in [1.807, 2.05) is 18.2 Å². The average Bonchev–Trinajstić information content (AvgIpc) is 2.62. The van der Waals surface area contributed by atoms with E-state index in [1.54, 1.807) is 0 Å². The molecule has 0 bridgehead atoms. The zero-order valence-electron chi connectivity index (χ0n) is 14.3. The molecule has 0 amide bonds. The van der Waals surface area contributed by atoms with Crippen LogP contribution in [0.2, 0.25) is 0 Å². The third-order valence-corrected chi connectivity index (χ3v) is 5.75. The van der Waals surface area contributed by atoms with Crippen LogP contribution in [0.15, 0.2) is 30.3 Å². The van der Waals surface area contributed by atoms with E-state index < -0.39 is 5.41 Å². The highest BCUT2D eigenvalue weighted by Gasteiger charge is 2.42. The zero-order chi connectivity index (χ0) is 16.1. The van der Waals surface area contributed by atoms with Gasteiger partial charge in [0.25, 0.3) is 0 Å². The molecule has 1 aromatic carbocycles. The van der Waals surface area contributed by atoms with Gasteiger partial charge >= 0.3 is 5.97 Å². The first kappa shape index (κ1) is 16.5. The molecule has 0 aromatic heterocycles. The van der Waals surface area contributed by atoms with Gasteiger partial charge in [0.2, 0.25) is 0 Å². The summed E-state index contributed by atoms with van der Waals surface area (Å²) < 4.78 is 5.87. The molecule has 1 aliphatic carbocycles. The molecule has 3 nitrogen and oxygen atoms in total. The quantitative estimate of drug-likeness (QED) is 0.789. The van der Waals surface area contributed by atoms with Crippen LogP contribution in [0, 0.1) is 0 Å². The average molecular weight is 315 g/mol. The first-order valence-electron chi connectivity index (χ1n) is 9.15. The molecule has 2 fully saturated rings. The third kappa shape index (κ3) is 3.60. The number of nitrogens with zero attached hydrogens (tertiary/aromatic N) is 1. The van der Waals surface area contributed by atoms with Crippen LogP contribution in [0.3, 0.4) is 0 Å². The first-order chi connectivity index (χ1) is 11.2. The van der Waals surface area contributed by atoms with Crippen molar-refractivity contribution < 1.29 is 9.53 Å². The summed E-state index contributed by atoms with van der Waals surface area (Å²) in [4.78, 5) is 15.4. The number of hydrogen-bond acceptors (Lipinski definition) is 3. The molecule has 0 unspecified atom stereocenters. The maximum Gasteiger partial charge on any atom is 0.316 e. The summed E-state index contributed by atoms with van der Waals surface area (Å²) in [5.41, 5.74) is 0.730. The van der Waals surface area contributed by atoms with E-state index in [-0.39, 0.29) is 5.97 Å². The van der Waals surface area contributed by atoms with Crippen LogP contribution < -0.4 is 0 Å². The van der Waals surface area contributed by atoms with Gasteiger partial charge in [-0.25, -0.2) is 0 Å². The molecule has 126 valence electrons. The lowest BCUT2D eigenvalue weighted by Crippen LogP contribution is -2.44. The molecule has 1 heterocycles. The lowest BCUT2D eigenvalue weighted by atomic mass is 9.69. The van der Waals surface area contributed by atoms with Crippen molar-refractivity contribution in [3.05, 3.63) is 35.9 Å². The number of likely N-dealkylation sites (N-methyl/N-ethyl adjacent to an activating group) is 1. The second kappa shape index (κ2) is 7.48. The Morgan fingerprint density at radius 3 is 2.57 bits per heavy atom. The number of likely N-dealkylation sites (tertiary alicyclic amines) is 1. The van der Waals surface area contributed by atoms with Crippen molar-refractivity contribution in [1.82, 2.24) is 4.90 Å². The first-order valence-corrected chi connectivity index (χ1v) is 9.15. The molecule has 23 heavy (non-hydrogen) atoms. The number of piperidine rings is 1. The van der Waals surface area contributed by atoms with E-state index in [4.69, 9.17) is 4.74 Å². The van der Waals surface area contributed by atoms with Crippen LogP contribution in [0.25, 0.3) is 0 Å². The Kier molecular flexibility index (Phi) is 5.37. The molecule has 1 aliphatic heterocycles. The SMILES string of the molecule is CN1CCCC[C@@H]1COC(=O)C1(c2ccccc2)CCCCC1. The second-order valence-corrected chi connectivity index (χ2v) is 7.24. The second-order valence-electron chi connectivity index (χ2n) is 7.24. The summed E-state index contributed by atoms with van der Waals surface area (Å²) in [6, 6.07) is 10.7. The summed E-state index contributed by atoms with van der Waals surface area (Å²) in [6.07, 6.45) is 8.97. The fourth-order valence-electron chi connectivity index (χ4n) is 4.19. The van der Waals surface area contributed by atoms with Gasteiger partial charge < -0.3 is 9.64 Å². The Labute approximate surface area is 140 Å². The van der Waals surface area contributed by atoms with Gasteiger partial charge in [0, 0.05) is 6.04 Å². The molecule has 0 N–H and O–H groups in total. The molecule has 2 aliphatic rings. The highest BCUT2D eigenvalue weighted by Crippen LogP contribution is 2.40. The van der Waals surface area contributed by atoms with Gasteiger partial charge in [0.1, 0.15) is 6.61 Å². The van der Waals surface area contributed by atoms with Crippen LogP contribution in [0.4, 0.5) is 0 Å². The van der Waals surface area contributed by atoms with Crippen LogP contribution >= 0.6 is 0 Å². The minimum atomic E-state index is -0.410. The molecule has 3 rings (SSSR count). The zero-order valence-corrected chi connectivity index (χ0v) is 14.3. The van der Waals surface area contributed by atoms with Crippen LogP contribution in [0.1, 0.15) is 56.9 Å². The third-order valence-electron chi connectivity index (χ3n) is 5.75. The molecule has 0 spiro atoms. The number of hydrogen-bond donors (Lipinski definition) is 0. The number of rotatable bonds is 4. The summed E-state index contributed by atoms with van der Waals surface area (Å²) in [5, 5.41) is 0. The van der Waals surface area contributed by atoms with E-state index in [1.165, 1.54) is 19.3 Å². The smallest absolute Gasteiger partial charge is 0.316 e. The molecule has 3 heteroatoms. The van der Waals surface area contributed by atoms with Gasteiger partial charge in [0.15, 0.2) is 0 Å². The highest BCUT2D eigenvalue weighted by atomic mass is 16.5. The topological polar surface area (TPSA) is 29.5 Å². The van der Waals surface area contributed by atoms with Crippen LogP contribution in [-0.2, 0) is 14.9 Å². The molecule has 0 radical (unpaired) electrons. The van der Waals surface area contributed by atoms with E-state index in [2.05, 4.69) is 24.1 Å². The maximum absolute atomic E-state index is 13.0. The summed E-state index contributed by atoms with van der Waals surface area (Å²) >= 11 is 0. The fraction of sp³-hybridized carbons (Fsp3) is 0.650. The minimum Gasteiger partial charge on any atom is -0.463 e. The van der Waals surface area contributed by atoms with Crippen molar-refractivity contribution in [2.45, 2.75) is 62.8 Å². The summed E-state index contributed by atoms with van der Waals surface area (Å²) in [7, 11) is 2.14. The van der Waals surface area contributed by atoms with Crippen LogP contribution in [-0.4, -0.2) is 37.1 Å². The minimum absolute atomic E-state index is 0.00220. The summed E-state index contributed by atoms with van der Waals surface area (Å²) in [6.45, 7) is 1.66. The Morgan fingerprint density at radius 2 is 1.87 bits per heavy atom.